The zero-order chi connectivity index (χ0) is 17.3. The Labute approximate surface area is 133 Å². The number of carbonyl (C=O) groups excluding carboxylic acids is 1. The molecule has 0 atom stereocenters. The highest BCUT2D eigenvalue weighted by Crippen LogP contribution is 2.35. The van der Waals surface area contributed by atoms with Gasteiger partial charge in [-0.3, -0.25) is 4.72 Å². The minimum atomic E-state index is -4.83. The lowest BCUT2D eigenvalue weighted by Gasteiger charge is -2.14. The van der Waals surface area contributed by atoms with Crippen molar-refractivity contribution < 1.29 is 31.1 Å². The van der Waals surface area contributed by atoms with Crippen molar-refractivity contribution in [2.24, 2.45) is 0 Å². The molecule has 2 rings (SSSR count). The van der Waals surface area contributed by atoms with Gasteiger partial charge in [-0.2, -0.15) is 13.2 Å². The van der Waals surface area contributed by atoms with Crippen LogP contribution in [-0.4, -0.2) is 21.5 Å². The molecule has 2 aromatic rings. The van der Waals surface area contributed by atoms with E-state index in [2.05, 4.69) is 4.74 Å². The van der Waals surface area contributed by atoms with E-state index < -0.39 is 32.6 Å². The molecule has 0 amide bonds. The highest BCUT2D eigenvalue weighted by molar-refractivity contribution is 7.92. The summed E-state index contributed by atoms with van der Waals surface area (Å²) in [5.41, 5.74) is -1.43. The number of halogens is 3. The molecule has 0 bridgehead atoms. The van der Waals surface area contributed by atoms with E-state index in [1.54, 1.807) is 0 Å². The van der Waals surface area contributed by atoms with Crippen LogP contribution in [0.4, 0.5) is 18.9 Å². The van der Waals surface area contributed by atoms with Gasteiger partial charge < -0.3 is 4.74 Å². The van der Waals surface area contributed by atoms with Crippen molar-refractivity contribution in [3.8, 4) is 0 Å². The maximum atomic E-state index is 13.0. The summed E-state index contributed by atoms with van der Waals surface area (Å²) in [6.45, 7) is 0. The molecular weight excluding hydrogens is 355 g/mol. The van der Waals surface area contributed by atoms with E-state index in [9.17, 15) is 26.4 Å². The standard InChI is InChI=1S/C13H10F3NO4S2/c1-21-12(18)11-9(6-7-22-11)17-23(19,20)10-5-3-2-4-8(10)13(14,15)16/h2-7,17H,1H3. The number of hydrogen-bond acceptors (Lipinski definition) is 5. The maximum Gasteiger partial charge on any atom is 0.417 e. The van der Waals surface area contributed by atoms with E-state index in [0.29, 0.717) is 6.07 Å². The fourth-order valence-corrected chi connectivity index (χ4v) is 3.91. The summed E-state index contributed by atoms with van der Waals surface area (Å²) in [7, 11) is -3.42. The molecular formula is C13H10F3NO4S2. The number of anilines is 1. The fraction of sp³-hybridized carbons (Fsp3) is 0.154. The molecule has 1 aromatic heterocycles. The molecule has 0 aliphatic rings. The Hall–Kier alpha value is -2.07. The number of benzene rings is 1. The second kappa shape index (κ2) is 6.20. The SMILES string of the molecule is COC(=O)c1sccc1NS(=O)(=O)c1ccccc1C(F)(F)F. The van der Waals surface area contributed by atoms with Gasteiger partial charge in [-0.1, -0.05) is 12.1 Å². The van der Waals surface area contributed by atoms with Gasteiger partial charge in [0.2, 0.25) is 0 Å². The molecule has 23 heavy (non-hydrogen) atoms. The summed E-state index contributed by atoms with van der Waals surface area (Å²) in [5.74, 6) is -0.790. The number of carbonyl (C=O) groups is 1. The Balaban J connectivity index is 2.46. The lowest BCUT2D eigenvalue weighted by atomic mass is 10.2. The van der Waals surface area contributed by atoms with Gasteiger partial charge in [0.15, 0.2) is 0 Å². The topological polar surface area (TPSA) is 72.5 Å². The van der Waals surface area contributed by atoms with Gasteiger partial charge in [0.05, 0.1) is 23.3 Å². The monoisotopic (exact) mass is 365 g/mol. The number of esters is 1. The maximum absolute atomic E-state index is 13.0. The lowest BCUT2D eigenvalue weighted by molar-refractivity contribution is -0.139. The van der Waals surface area contributed by atoms with E-state index in [4.69, 9.17) is 0 Å². The largest absolute Gasteiger partial charge is 0.465 e. The van der Waals surface area contributed by atoms with Gasteiger partial charge in [0.25, 0.3) is 10.0 Å². The summed E-state index contributed by atoms with van der Waals surface area (Å²) in [5, 5.41) is 1.42. The number of sulfonamides is 1. The molecule has 0 unspecified atom stereocenters. The Morgan fingerprint density at radius 3 is 2.48 bits per heavy atom. The molecule has 0 aliphatic heterocycles. The summed E-state index contributed by atoms with van der Waals surface area (Å²) < 4.78 is 69.9. The number of alkyl halides is 3. The minimum absolute atomic E-state index is 0.0550. The average Bonchev–Trinajstić information content (AvgIpc) is 2.93. The Kier molecular flexibility index (Phi) is 4.66. The van der Waals surface area contributed by atoms with Crippen LogP contribution in [0.25, 0.3) is 0 Å². The third-order valence-electron chi connectivity index (χ3n) is 2.76. The Bertz CT molecular complexity index is 828. The Morgan fingerprint density at radius 2 is 1.87 bits per heavy atom. The Morgan fingerprint density at radius 1 is 1.22 bits per heavy atom. The summed E-state index contributed by atoms with van der Waals surface area (Å²) >= 11 is 0.904. The van der Waals surface area contributed by atoms with Crippen molar-refractivity contribution in [1.82, 2.24) is 0 Å². The molecule has 1 heterocycles. The second-order valence-electron chi connectivity index (χ2n) is 4.25. The normalized spacial score (nSPS) is 12.0. The van der Waals surface area contributed by atoms with Crippen molar-refractivity contribution >= 4 is 33.0 Å². The number of methoxy groups -OCH3 is 1. The van der Waals surface area contributed by atoms with Crippen molar-refractivity contribution in [2.75, 3.05) is 11.8 Å². The van der Waals surface area contributed by atoms with Gasteiger partial charge in [-0.15, -0.1) is 11.3 Å². The predicted octanol–water partition coefficient (Wildman–Crippen LogP) is 3.35. The van der Waals surface area contributed by atoms with Crippen LogP contribution in [-0.2, 0) is 20.9 Å². The van der Waals surface area contributed by atoms with E-state index in [1.807, 2.05) is 4.72 Å². The van der Waals surface area contributed by atoms with Crippen molar-refractivity contribution in [3.63, 3.8) is 0 Å². The molecule has 0 spiro atoms. The fourth-order valence-electron chi connectivity index (χ4n) is 1.78. The zero-order valence-electron chi connectivity index (χ0n) is 11.5. The molecule has 0 saturated heterocycles. The van der Waals surface area contributed by atoms with E-state index >= 15 is 0 Å². The minimum Gasteiger partial charge on any atom is -0.465 e. The van der Waals surface area contributed by atoms with Crippen LogP contribution in [0.5, 0.6) is 0 Å². The van der Waals surface area contributed by atoms with Crippen LogP contribution in [0.2, 0.25) is 0 Å². The molecule has 0 fully saturated rings. The highest BCUT2D eigenvalue weighted by Gasteiger charge is 2.37. The van der Waals surface area contributed by atoms with Crippen LogP contribution >= 0.6 is 11.3 Å². The first-order valence-corrected chi connectivity index (χ1v) is 8.38. The number of rotatable bonds is 4. The van der Waals surface area contributed by atoms with E-state index in [0.717, 1.165) is 30.6 Å². The molecule has 0 saturated carbocycles. The molecule has 5 nitrogen and oxygen atoms in total. The molecule has 10 heteroatoms. The first-order chi connectivity index (χ1) is 10.7. The average molecular weight is 365 g/mol. The molecule has 1 aromatic carbocycles. The van der Waals surface area contributed by atoms with Crippen LogP contribution in [0.3, 0.4) is 0 Å². The zero-order valence-corrected chi connectivity index (χ0v) is 13.2. The predicted molar refractivity (Wildman–Crippen MR) is 77.9 cm³/mol. The first-order valence-electron chi connectivity index (χ1n) is 6.01. The van der Waals surface area contributed by atoms with Gasteiger partial charge in [0, 0.05) is 0 Å². The molecule has 0 aliphatic carbocycles. The molecule has 0 radical (unpaired) electrons. The molecule has 1 N–H and O–H groups in total. The third kappa shape index (κ3) is 3.64. The van der Waals surface area contributed by atoms with Gasteiger partial charge >= 0.3 is 12.1 Å². The summed E-state index contributed by atoms with van der Waals surface area (Å²) in [4.78, 5) is 10.5. The van der Waals surface area contributed by atoms with Crippen molar-refractivity contribution in [3.05, 3.63) is 46.2 Å². The van der Waals surface area contributed by atoms with Crippen LogP contribution < -0.4 is 4.72 Å². The van der Waals surface area contributed by atoms with Crippen LogP contribution in [0.15, 0.2) is 40.6 Å². The molecule has 124 valence electrons. The highest BCUT2D eigenvalue weighted by atomic mass is 32.2. The van der Waals surface area contributed by atoms with E-state index in [-0.39, 0.29) is 10.6 Å². The number of thiophene rings is 1. The van der Waals surface area contributed by atoms with Gasteiger partial charge in [-0.05, 0) is 23.6 Å². The quantitative estimate of drug-likeness (QED) is 0.844. The van der Waals surface area contributed by atoms with Gasteiger partial charge in [0.1, 0.15) is 4.88 Å². The van der Waals surface area contributed by atoms with Crippen LogP contribution in [0, 0.1) is 0 Å². The summed E-state index contributed by atoms with van der Waals surface area (Å²) in [6.07, 6.45) is -4.83. The van der Waals surface area contributed by atoms with Gasteiger partial charge in [-0.25, -0.2) is 13.2 Å². The number of hydrogen-bond donors (Lipinski definition) is 1. The lowest BCUT2D eigenvalue weighted by Crippen LogP contribution is -2.19. The van der Waals surface area contributed by atoms with Crippen LogP contribution in [0.1, 0.15) is 15.2 Å². The van der Waals surface area contributed by atoms with E-state index in [1.165, 1.54) is 17.5 Å². The van der Waals surface area contributed by atoms with Crippen molar-refractivity contribution in [2.45, 2.75) is 11.1 Å². The third-order valence-corrected chi connectivity index (χ3v) is 5.08. The second-order valence-corrected chi connectivity index (χ2v) is 6.82. The smallest absolute Gasteiger partial charge is 0.417 e. The van der Waals surface area contributed by atoms with Crippen molar-refractivity contribution in [1.29, 1.82) is 0 Å². The first kappa shape index (κ1) is 17.3. The number of nitrogens with one attached hydrogen (secondary N) is 1. The number of ether oxygens (including phenoxy) is 1. The summed E-state index contributed by atoms with van der Waals surface area (Å²) in [6, 6.07) is 5.05.